The molecule has 8 nitrogen and oxygen atoms in total. The minimum absolute atomic E-state index is 0.148. The first-order valence-electron chi connectivity index (χ1n) is 11.4. The summed E-state index contributed by atoms with van der Waals surface area (Å²) in [4.78, 5) is 26.9. The summed E-state index contributed by atoms with van der Waals surface area (Å²) in [5.74, 6) is 0.566. The van der Waals surface area contributed by atoms with E-state index in [0.29, 0.717) is 36.7 Å². The van der Waals surface area contributed by atoms with Gasteiger partial charge in [-0.1, -0.05) is 12.1 Å². The van der Waals surface area contributed by atoms with E-state index < -0.39 is 11.7 Å². The molecule has 3 N–H and O–H groups in total. The number of nitrogens with zero attached hydrogens (tertiary/aromatic N) is 1. The summed E-state index contributed by atoms with van der Waals surface area (Å²) in [6.07, 6.45) is 2.76. The standard InChI is InChI=1S/C25H31N3O5/c1-25(31,17-7-13-20(32-2)14-8-17)22-6-3-15-28(22)24(30)27-19-11-9-18(10-12-19)26-23(29)21-5-4-16-33-21/h7-14,21-22,31H,3-6,15-16H2,1-2H3,(H,26,29)(H,27,30). The SMILES string of the molecule is COc1ccc(C(C)(O)C2CCCN2C(=O)Nc2ccc(NC(=O)C3CCCO3)cc2)cc1. The summed E-state index contributed by atoms with van der Waals surface area (Å²) in [5.41, 5.74) is 0.801. The van der Waals surface area contributed by atoms with Crippen LogP contribution in [0.5, 0.6) is 5.75 Å². The fourth-order valence-corrected chi connectivity index (χ4v) is 4.55. The zero-order chi connectivity index (χ0) is 23.4. The highest BCUT2D eigenvalue weighted by Crippen LogP contribution is 2.35. The Bertz CT molecular complexity index is 969. The molecule has 0 bridgehead atoms. The van der Waals surface area contributed by atoms with Gasteiger partial charge in [0.05, 0.1) is 13.2 Å². The van der Waals surface area contributed by atoms with Crippen LogP contribution in [0.2, 0.25) is 0 Å². The number of carbonyl (C=O) groups is 2. The van der Waals surface area contributed by atoms with Gasteiger partial charge in [-0.3, -0.25) is 4.79 Å². The molecule has 2 aliphatic heterocycles. The number of nitrogens with one attached hydrogen (secondary N) is 2. The molecular weight excluding hydrogens is 422 g/mol. The number of methoxy groups -OCH3 is 1. The third-order valence-electron chi connectivity index (χ3n) is 6.46. The first-order valence-corrected chi connectivity index (χ1v) is 11.4. The number of hydrogen-bond donors (Lipinski definition) is 3. The summed E-state index contributed by atoms with van der Waals surface area (Å²) in [5, 5.41) is 17.1. The molecule has 2 aliphatic rings. The van der Waals surface area contributed by atoms with Crippen molar-refractivity contribution in [3.05, 3.63) is 54.1 Å². The normalized spacial score (nSPS) is 22.0. The maximum Gasteiger partial charge on any atom is 0.322 e. The second-order valence-corrected chi connectivity index (χ2v) is 8.73. The van der Waals surface area contributed by atoms with Crippen LogP contribution in [0.15, 0.2) is 48.5 Å². The van der Waals surface area contributed by atoms with Crippen LogP contribution in [0.3, 0.4) is 0 Å². The Morgan fingerprint density at radius 1 is 1.03 bits per heavy atom. The number of anilines is 2. The maximum atomic E-state index is 13.0. The van der Waals surface area contributed by atoms with E-state index in [1.54, 1.807) is 43.2 Å². The van der Waals surface area contributed by atoms with E-state index in [1.165, 1.54) is 0 Å². The summed E-state index contributed by atoms with van der Waals surface area (Å²) < 4.78 is 10.6. The van der Waals surface area contributed by atoms with Crippen molar-refractivity contribution in [2.45, 2.75) is 50.4 Å². The van der Waals surface area contributed by atoms with Crippen LogP contribution in [0, 0.1) is 0 Å². The molecule has 2 aromatic rings. The number of urea groups is 1. The average molecular weight is 454 g/mol. The number of amides is 3. The Kier molecular flexibility index (Phi) is 6.85. The lowest BCUT2D eigenvalue weighted by molar-refractivity contribution is -0.124. The third-order valence-corrected chi connectivity index (χ3v) is 6.46. The Labute approximate surface area is 193 Å². The van der Waals surface area contributed by atoms with Crippen molar-refractivity contribution < 1.29 is 24.2 Å². The molecule has 2 aromatic carbocycles. The van der Waals surface area contributed by atoms with Gasteiger partial charge in [-0.2, -0.15) is 0 Å². The molecule has 0 saturated carbocycles. The number of aliphatic hydroxyl groups is 1. The zero-order valence-electron chi connectivity index (χ0n) is 19.0. The molecule has 8 heteroatoms. The van der Waals surface area contributed by atoms with Gasteiger partial charge in [0, 0.05) is 24.5 Å². The number of likely N-dealkylation sites (tertiary alicyclic amines) is 1. The molecule has 0 radical (unpaired) electrons. The highest BCUT2D eigenvalue weighted by molar-refractivity contribution is 5.95. The predicted octanol–water partition coefficient (Wildman–Crippen LogP) is 3.72. The lowest BCUT2D eigenvalue weighted by Gasteiger charge is -2.37. The number of rotatable bonds is 6. The number of benzene rings is 2. The van der Waals surface area contributed by atoms with Crippen molar-refractivity contribution in [2.75, 3.05) is 30.9 Å². The molecule has 4 rings (SSSR count). The van der Waals surface area contributed by atoms with Crippen LogP contribution in [-0.2, 0) is 15.1 Å². The lowest BCUT2D eigenvalue weighted by Crippen LogP contribution is -2.49. The van der Waals surface area contributed by atoms with E-state index >= 15 is 0 Å². The van der Waals surface area contributed by atoms with Gasteiger partial charge in [-0.15, -0.1) is 0 Å². The molecule has 0 spiro atoms. The average Bonchev–Trinajstić information content (AvgIpc) is 3.53. The van der Waals surface area contributed by atoms with E-state index in [9.17, 15) is 14.7 Å². The van der Waals surface area contributed by atoms with E-state index in [4.69, 9.17) is 9.47 Å². The van der Waals surface area contributed by atoms with Gasteiger partial charge in [0.25, 0.3) is 5.91 Å². The summed E-state index contributed by atoms with van der Waals surface area (Å²) >= 11 is 0. The first-order chi connectivity index (χ1) is 15.9. The van der Waals surface area contributed by atoms with E-state index in [1.807, 2.05) is 24.3 Å². The summed E-state index contributed by atoms with van der Waals surface area (Å²) in [6.45, 7) is 2.93. The molecule has 176 valence electrons. The van der Waals surface area contributed by atoms with Crippen LogP contribution in [0.1, 0.15) is 38.2 Å². The second-order valence-electron chi connectivity index (χ2n) is 8.73. The summed E-state index contributed by atoms with van der Waals surface area (Å²) in [6, 6.07) is 13.6. The van der Waals surface area contributed by atoms with Gasteiger partial charge >= 0.3 is 6.03 Å². The van der Waals surface area contributed by atoms with Crippen molar-refractivity contribution in [3.63, 3.8) is 0 Å². The van der Waals surface area contributed by atoms with Crippen molar-refractivity contribution in [3.8, 4) is 5.75 Å². The minimum Gasteiger partial charge on any atom is -0.497 e. The van der Waals surface area contributed by atoms with Gasteiger partial charge in [-0.05, 0) is 74.6 Å². The van der Waals surface area contributed by atoms with Gasteiger partial charge in [0.15, 0.2) is 0 Å². The van der Waals surface area contributed by atoms with Gasteiger partial charge in [0.2, 0.25) is 0 Å². The topological polar surface area (TPSA) is 100 Å². The van der Waals surface area contributed by atoms with Crippen LogP contribution < -0.4 is 15.4 Å². The third kappa shape index (κ3) is 5.12. The molecule has 3 amide bonds. The van der Waals surface area contributed by atoms with E-state index in [-0.39, 0.29) is 18.0 Å². The number of hydrogen-bond acceptors (Lipinski definition) is 5. The van der Waals surface area contributed by atoms with E-state index in [2.05, 4.69) is 10.6 Å². The van der Waals surface area contributed by atoms with Crippen molar-refractivity contribution in [2.24, 2.45) is 0 Å². The molecule has 0 aliphatic carbocycles. The zero-order valence-corrected chi connectivity index (χ0v) is 19.0. The van der Waals surface area contributed by atoms with Gasteiger partial charge in [-0.25, -0.2) is 4.79 Å². The molecule has 33 heavy (non-hydrogen) atoms. The fraction of sp³-hybridized carbons (Fsp3) is 0.440. The van der Waals surface area contributed by atoms with Gasteiger partial charge in [0.1, 0.15) is 17.5 Å². The largest absolute Gasteiger partial charge is 0.497 e. The Hall–Kier alpha value is -3.10. The highest BCUT2D eigenvalue weighted by Gasteiger charge is 2.42. The second kappa shape index (κ2) is 9.80. The maximum absolute atomic E-state index is 13.0. The highest BCUT2D eigenvalue weighted by atomic mass is 16.5. The lowest BCUT2D eigenvalue weighted by atomic mass is 9.86. The Balaban J connectivity index is 1.39. The Morgan fingerprint density at radius 2 is 1.70 bits per heavy atom. The smallest absolute Gasteiger partial charge is 0.322 e. The van der Waals surface area contributed by atoms with Crippen LogP contribution in [0.25, 0.3) is 0 Å². The quantitative estimate of drug-likeness (QED) is 0.619. The minimum atomic E-state index is -1.20. The molecule has 2 heterocycles. The molecular formula is C25H31N3O5. The van der Waals surface area contributed by atoms with Gasteiger partial charge < -0.3 is 30.1 Å². The molecule has 3 atom stereocenters. The summed E-state index contributed by atoms with van der Waals surface area (Å²) in [7, 11) is 1.60. The van der Waals surface area contributed by atoms with Crippen molar-refractivity contribution in [1.29, 1.82) is 0 Å². The molecule has 0 aromatic heterocycles. The Morgan fingerprint density at radius 3 is 2.30 bits per heavy atom. The number of ether oxygens (including phenoxy) is 2. The molecule has 3 unspecified atom stereocenters. The van der Waals surface area contributed by atoms with Crippen molar-refractivity contribution >= 4 is 23.3 Å². The predicted molar refractivity (Wildman–Crippen MR) is 125 cm³/mol. The molecule has 2 saturated heterocycles. The van der Waals surface area contributed by atoms with Crippen LogP contribution >= 0.6 is 0 Å². The fourth-order valence-electron chi connectivity index (χ4n) is 4.55. The van der Waals surface area contributed by atoms with Crippen LogP contribution in [-0.4, -0.2) is 54.4 Å². The molecule has 2 fully saturated rings. The van der Waals surface area contributed by atoms with E-state index in [0.717, 1.165) is 24.8 Å². The van der Waals surface area contributed by atoms with Crippen LogP contribution in [0.4, 0.5) is 16.2 Å². The van der Waals surface area contributed by atoms with Crippen molar-refractivity contribution in [1.82, 2.24) is 4.90 Å². The first kappa shape index (κ1) is 23.1. The number of carbonyl (C=O) groups excluding carboxylic acids is 2. The monoisotopic (exact) mass is 453 g/mol.